The van der Waals surface area contributed by atoms with Crippen molar-refractivity contribution in [2.75, 3.05) is 0 Å². The fourth-order valence-corrected chi connectivity index (χ4v) is 8.31. The average Bonchev–Trinajstić information content (AvgIpc) is 3.77. The Balaban J connectivity index is 1.22. The van der Waals surface area contributed by atoms with Crippen LogP contribution in [0.25, 0.3) is 91.9 Å². The third kappa shape index (κ3) is 3.62. The van der Waals surface area contributed by atoms with Crippen molar-refractivity contribution in [3.05, 3.63) is 152 Å². The number of aromatic nitrogens is 1. The van der Waals surface area contributed by atoms with Gasteiger partial charge in [-0.25, -0.2) is 0 Å². The van der Waals surface area contributed by atoms with E-state index in [9.17, 15) is 0 Å². The van der Waals surface area contributed by atoms with Gasteiger partial charge in [-0.15, -0.1) is 11.3 Å². The number of thiophene rings is 1. The Morgan fingerprint density at radius 1 is 0.444 bits per heavy atom. The number of hydrogen-bond acceptors (Lipinski definition) is 2. The molecule has 10 aromatic rings. The minimum atomic E-state index is 0.897. The van der Waals surface area contributed by atoms with Gasteiger partial charge in [-0.3, -0.25) is 0 Å². The van der Waals surface area contributed by atoms with Crippen LogP contribution in [0.3, 0.4) is 0 Å². The van der Waals surface area contributed by atoms with Gasteiger partial charge < -0.3 is 8.98 Å². The summed E-state index contributed by atoms with van der Waals surface area (Å²) in [7, 11) is 0. The van der Waals surface area contributed by atoms with Gasteiger partial charge in [0.1, 0.15) is 5.58 Å². The van der Waals surface area contributed by atoms with Crippen LogP contribution in [-0.4, -0.2) is 4.57 Å². The SMILES string of the molecule is c1ccc(-c2ccc3c4ccccc4n(-c4cccc5c4oc4ccc(-c6cccc7sc8ccccc8c67)cc45)c3c2)cc1. The molecule has 3 heteroatoms. The second-order valence-electron chi connectivity index (χ2n) is 11.7. The first-order valence-corrected chi connectivity index (χ1v) is 16.1. The van der Waals surface area contributed by atoms with Crippen molar-refractivity contribution in [1.82, 2.24) is 4.57 Å². The van der Waals surface area contributed by atoms with Gasteiger partial charge in [0, 0.05) is 41.7 Å². The molecule has 0 amide bonds. The van der Waals surface area contributed by atoms with E-state index < -0.39 is 0 Å². The number of benzene rings is 7. The topological polar surface area (TPSA) is 18.1 Å². The lowest BCUT2D eigenvalue weighted by Gasteiger charge is -2.10. The molecule has 7 aromatic carbocycles. The van der Waals surface area contributed by atoms with Crippen LogP contribution < -0.4 is 0 Å². The van der Waals surface area contributed by atoms with Gasteiger partial charge in [0.2, 0.25) is 0 Å². The molecule has 45 heavy (non-hydrogen) atoms. The molecule has 0 saturated carbocycles. The zero-order valence-corrected chi connectivity index (χ0v) is 25.0. The molecule has 10 rings (SSSR count). The van der Waals surface area contributed by atoms with Gasteiger partial charge in [-0.1, -0.05) is 109 Å². The highest BCUT2D eigenvalue weighted by Gasteiger charge is 2.19. The highest BCUT2D eigenvalue weighted by molar-refractivity contribution is 7.25. The number of hydrogen-bond donors (Lipinski definition) is 0. The van der Waals surface area contributed by atoms with E-state index in [2.05, 4.69) is 156 Å². The highest BCUT2D eigenvalue weighted by Crippen LogP contribution is 2.43. The summed E-state index contributed by atoms with van der Waals surface area (Å²) >= 11 is 1.86. The van der Waals surface area contributed by atoms with Gasteiger partial charge >= 0.3 is 0 Å². The molecule has 0 spiro atoms. The van der Waals surface area contributed by atoms with E-state index in [1.165, 1.54) is 64.2 Å². The number of furan rings is 1. The van der Waals surface area contributed by atoms with E-state index in [0.29, 0.717) is 0 Å². The highest BCUT2D eigenvalue weighted by atomic mass is 32.1. The summed E-state index contributed by atoms with van der Waals surface area (Å²) in [6.45, 7) is 0. The van der Waals surface area contributed by atoms with Crippen molar-refractivity contribution in [3.8, 4) is 27.9 Å². The summed E-state index contributed by atoms with van der Waals surface area (Å²) in [5.41, 5.74) is 10.0. The molecule has 0 fully saturated rings. The molecular weight excluding hydrogens is 567 g/mol. The second kappa shape index (κ2) is 9.43. The lowest BCUT2D eigenvalue weighted by molar-refractivity contribution is 0.666. The Morgan fingerprint density at radius 3 is 2.11 bits per heavy atom. The Kier molecular flexibility index (Phi) is 5.19. The van der Waals surface area contributed by atoms with Crippen molar-refractivity contribution < 1.29 is 4.42 Å². The van der Waals surface area contributed by atoms with Gasteiger partial charge in [-0.05, 0) is 64.7 Å². The molecule has 0 aliphatic rings. The Hall–Kier alpha value is -5.64. The molecule has 0 atom stereocenters. The zero-order valence-electron chi connectivity index (χ0n) is 24.2. The Labute approximate surface area is 263 Å². The first-order valence-electron chi connectivity index (χ1n) is 15.3. The fourth-order valence-electron chi connectivity index (χ4n) is 7.18. The number of rotatable bonds is 3. The fraction of sp³-hybridized carbons (Fsp3) is 0. The van der Waals surface area contributed by atoms with Crippen molar-refractivity contribution >= 4 is 75.3 Å². The quantitative estimate of drug-likeness (QED) is 0.200. The van der Waals surface area contributed by atoms with Crippen LogP contribution in [0.1, 0.15) is 0 Å². The predicted molar refractivity (Wildman–Crippen MR) is 192 cm³/mol. The van der Waals surface area contributed by atoms with Gasteiger partial charge in [0.25, 0.3) is 0 Å². The molecule has 3 heterocycles. The maximum atomic E-state index is 6.73. The Bertz CT molecular complexity index is 2760. The van der Waals surface area contributed by atoms with E-state index in [4.69, 9.17) is 4.42 Å². The molecule has 0 unspecified atom stereocenters. The van der Waals surface area contributed by atoms with Crippen LogP contribution in [-0.2, 0) is 0 Å². The van der Waals surface area contributed by atoms with E-state index in [0.717, 1.165) is 27.6 Å². The molecular formula is C42H25NOS. The normalized spacial score (nSPS) is 12.0. The predicted octanol–water partition coefficient (Wildman–Crippen LogP) is 12.4. The van der Waals surface area contributed by atoms with Crippen LogP contribution in [0.2, 0.25) is 0 Å². The standard InChI is InChI=1S/C42H25NOS/c1-2-10-26(11-3-1)27-20-22-31-30-12-4-6-16-35(30)43(37(31)25-27)36-17-8-15-32-34-24-28(21-23-38(34)44-42(32)36)29-14-9-19-40-41(29)33-13-5-7-18-39(33)45-40/h1-25H. The molecule has 2 nitrogen and oxygen atoms in total. The lowest BCUT2D eigenvalue weighted by Crippen LogP contribution is -1.94. The maximum absolute atomic E-state index is 6.73. The number of fused-ring (bicyclic) bond motifs is 9. The number of nitrogens with zero attached hydrogens (tertiary/aromatic N) is 1. The second-order valence-corrected chi connectivity index (χ2v) is 12.8. The number of para-hydroxylation sites is 2. The third-order valence-electron chi connectivity index (χ3n) is 9.21. The molecule has 0 saturated heterocycles. The van der Waals surface area contributed by atoms with E-state index in [1.807, 2.05) is 11.3 Å². The molecule has 3 aromatic heterocycles. The summed E-state index contributed by atoms with van der Waals surface area (Å²) in [5.74, 6) is 0. The minimum absolute atomic E-state index is 0.897. The molecule has 210 valence electrons. The van der Waals surface area contributed by atoms with Crippen molar-refractivity contribution in [2.24, 2.45) is 0 Å². The van der Waals surface area contributed by atoms with Crippen LogP contribution >= 0.6 is 11.3 Å². The molecule has 0 aliphatic heterocycles. The van der Waals surface area contributed by atoms with Gasteiger partial charge in [0.05, 0.1) is 16.7 Å². The molecule has 0 N–H and O–H groups in total. The van der Waals surface area contributed by atoms with Crippen LogP contribution in [0.15, 0.2) is 156 Å². The smallest absolute Gasteiger partial charge is 0.159 e. The van der Waals surface area contributed by atoms with Crippen molar-refractivity contribution in [1.29, 1.82) is 0 Å². The zero-order chi connectivity index (χ0) is 29.5. The molecule has 0 bridgehead atoms. The molecule has 0 aliphatic carbocycles. The van der Waals surface area contributed by atoms with Crippen LogP contribution in [0, 0.1) is 0 Å². The summed E-state index contributed by atoms with van der Waals surface area (Å²) in [4.78, 5) is 0. The van der Waals surface area contributed by atoms with E-state index >= 15 is 0 Å². The first-order chi connectivity index (χ1) is 22.3. The largest absolute Gasteiger partial charge is 0.454 e. The Morgan fingerprint density at radius 2 is 1.18 bits per heavy atom. The summed E-state index contributed by atoms with van der Waals surface area (Å²) < 4.78 is 11.7. The van der Waals surface area contributed by atoms with Gasteiger partial charge in [0.15, 0.2) is 5.58 Å². The van der Waals surface area contributed by atoms with Gasteiger partial charge in [-0.2, -0.15) is 0 Å². The van der Waals surface area contributed by atoms with Crippen molar-refractivity contribution in [3.63, 3.8) is 0 Å². The van der Waals surface area contributed by atoms with Crippen molar-refractivity contribution in [2.45, 2.75) is 0 Å². The monoisotopic (exact) mass is 591 g/mol. The first kappa shape index (κ1) is 24.8. The minimum Gasteiger partial charge on any atom is -0.454 e. The summed E-state index contributed by atoms with van der Waals surface area (Å²) in [6, 6.07) is 54.7. The summed E-state index contributed by atoms with van der Waals surface area (Å²) in [6.07, 6.45) is 0. The lowest BCUT2D eigenvalue weighted by atomic mass is 9.98. The summed E-state index contributed by atoms with van der Waals surface area (Å²) in [5, 5.41) is 7.36. The average molecular weight is 592 g/mol. The van der Waals surface area contributed by atoms with Crippen LogP contribution in [0.4, 0.5) is 0 Å². The third-order valence-corrected chi connectivity index (χ3v) is 10.3. The van der Waals surface area contributed by atoms with E-state index in [1.54, 1.807) is 0 Å². The molecule has 0 radical (unpaired) electrons. The van der Waals surface area contributed by atoms with Crippen LogP contribution in [0.5, 0.6) is 0 Å². The van der Waals surface area contributed by atoms with E-state index in [-0.39, 0.29) is 0 Å². The maximum Gasteiger partial charge on any atom is 0.159 e.